The Kier molecular flexibility index (Phi) is 3.52. The van der Waals surface area contributed by atoms with Crippen molar-refractivity contribution >= 4 is 34.5 Å². The Labute approximate surface area is 122 Å². The molecule has 1 saturated heterocycles. The van der Waals surface area contributed by atoms with Gasteiger partial charge in [0.25, 0.3) is 0 Å². The second kappa shape index (κ2) is 5.02. The predicted molar refractivity (Wildman–Crippen MR) is 80.9 cm³/mol. The average molecular weight is 299 g/mol. The molecule has 1 fully saturated rings. The molecule has 0 saturated carbocycles. The summed E-state index contributed by atoms with van der Waals surface area (Å²) >= 11 is 8.35. The zero-order valence-electron chi connectivity index (χ0n) is 11.6. The Bertz CT molecular complexity index is 595. The van der Waals surface area contributed by atoms with Gasteiger partial charge in [0, 0.05) is 13.6 Å². The van der Waals surface area contributed by atoms with Gasteiger partial charge in [-0.3, -0.25) is 4.68 Å². The quantitative estimate of drug-likeness (QED) is 0.817. The number of thioether (sulfide) groups is 1. The fourth-order valence-electron chi connectivity index (χ4n) is 2.82. The third kappa shape index (κ3) is 2.27. The van der Waals surface area contributed by atoms with E-state index >= 15 is 0 Å². The van der Waals surface area contributed by atoms with E-state index in [9.17, 15) is 0 Å². The molecule has 0 aromatic carbocycles. The minimum absolute atomic E-state index is 0.0687. The maximum absolute atomic E-state index is 6.31. The summed E-state index contributed by atoms with van der Waals surface area (Å²) in [5.41, 5.74) is 3.09. The maximum Gasteiger partial charge on any atom is 0.158 e. The molecule has 2 aromatic heterocycles. The first-order valence-electron chi connectivity index (χ1n) is 6.69. The topological polar surface area (TPSA) is 35.6 Å². The number of rotatable bonds is 3. The summed E-state index contributed by atoms with van der Waals surface area (Å²) in [5.74, 6) is 4.22. The first kappa shape index (κ1) is 13.3. The van der Waals surface area contributed by atoms with Crippen LogP contribution in [-0.2, 0) is 13.6 Å². The van der Waals surface area contributed by atoms with Crippen molar-refractivity contribution < 1.29 is 0 Å². The minimum atomic E-state index is -0.0687. The van der Waals surface area contributed by atoms with Gasteiger partial charge in [0.05, 0.1) is 11.1 Å². The smallest absolute Gasteiger partial charge is 0.158 e. The summed E-state index contributed by atoms with van der Waals surface area (Å²) in [4.78, 5) is 4.72. The Morgan fingerprint density at radius 1 is 1.53 bits per heavy atom. The summed E-state index contributed by atoms with van der Waals surface area (Å²) in [6.07, 6.45) is 1.29. The van der Waals surface area contributed by atoms with Crippen LogP contribution in [0, 0.1) is 12.8 Å². The van der Waals surface area contributed by atoms with Crippen LogP contribution in [0.3, 0.4) is 0 Å². The fourth-order valence-corrected chi connectivity index (χ4v) is 4.26. The van der Waals surface area contributed by atoms with Gasteiger partial charge in [0.1, 0.15) is 11.3 Å². The summed E-state index contributed by atoms with van der Waals surface area (Å²) in [6, 6.07) is 0. The van der Waals surface area contributed by atoms with Crippen LogP contribution < -0.4 is 0 Å². The molecule has 2 aromatic rings. The second-order valence-corrected chi connectivity index (χ2v) is 7.11. The van der Waals surface area contributed by atoms with E-state index in [1.807, 2.05) is 37.3 Å². The molecule has 0 radical (unpaired) electrons. The summed E-state index contributed by atoms with van der Waals surface area (Å²) in [7, 11) is 1.99. The lowest BCUT2D eigenvalue weighted by Gasteiger charge is -2.14. The molecular formula is C13H19ClN4S. The summed E-state index contributed by atoms with van der Waals surface area (Å²) < 4.78 is 4.21. The number of halogens is 1. The van der Waals surface area contributed by atoms with Crippen LogP contribution in [0.2, 0.25) is 0 Å². The van der Waals surface area contributed by atoms with Crippen molar-refractivity contribution in [2.24, 2.45) is 13.0 Å². The lowest BCUT2D eigenvalue weighted by atomic mass is 10.1. The zero-order chi connectivity index (χ0) is 13.6. The highest BCUT2D eigenvalue weighted by Gasteiger charge is 2.24. The van der Waals surface area contributed by atoms with Crippen molar-refractivity contribution in [3.8, 4) is 0 Å². The zero-order valence-corrected chi connectivity index (χ0v) is 13.1. The van der Waals surface area contributed by atoms with Crippen molar-refractivity contribution in [3.63, 3.8) is 0 Å². The lowest BCUT2D eigenvalue weighted by molar-refractivity contribution is 0.481. The number of fused-ring (bicyclic) bond motifs is 1. The molecule has 2 unspecified atom stereocenters. The molecule has 2 atom stereocenters. The van der Waals surface area contributed by atoms with Crippen molar-refractivity contribution in [1.29, 1.82) is 0 Å². The van der Waals surface area contributed by atoms with Gasteiger partial charge in [0.15, 0.2) is 5.65 Å². The molecule has 3 heterocycles. The average Bonchev–Trinajstić information content (AvgIpc) is 3.00. The van der Waals surface area contributed by atoms with E-state index in [0.717, 1.165) is 35.1 Å². The second-order valence-electron chi connectivity index (χ2n) is 5.31. The molecule has 4 nitrogen and oxygen atoms in total. The van der Waals surface area contributed by atoms with Gasteiger partial charge in [-0.25, -0.2) is 4.98 Å². The first-order chi connectivity index (χ1) is 9.08. The van der Waals surface area contributed by atoms with Crippen LogP contribution >= 0.6 is 23.4 Å². The van der Waals surface area contributed by atoms with Crippen LogP contribution in [0.4, 0.5) is 0 Å². The largest absolute Gasteiger partial charge is 0.311 e. The number of imidazole rings is 1. The van der Waals surface area contributed by atoms with Gasteiger partial charge in [-0.1, -0.05) is 0 Å². The summed E-state index contributed by atoms with van der Waals surface area (Å²) in [5, 5.41) is 4.40. The number of nitrogens with zero attached hydrogens (tertiary/aromatic N) is 4. The van der Waals surface area contributed by atoms with Crippen molar-refractivity contribution in [3.05, 3.63) is 11.5 Å². The van der Waals surface area contributed by atoms with Gasteiger partial charge in [-0.2, -0.15) is 16.9 Å². The normalized spacial score (nSPS) is 21.4. The maximum atomic E-state index is 6.31. The molecule has 1 aliphatic rings. The number of alkyl halides is 1. The number of aromatic nitrogens is 4. The molecule has 3 rings (SSSR count). The van der Waals surface area contributed by atoms with Gasteiger partial charge in [-0.15, -0.1) is 11.6 Å². The molecule has 19 heavy (non-hydrogen) atoms. The van der Waals surface area contributed by atoms with E-state index < -0.39 is 0 Å². The van der Waals surface area contributed by atoms with Crippen LogP contribution in [0.1, 0.15) is 30.2 Å². The van der Waals surface area contributed by atoms with Gasteiger partial charge in [0.2, 0.25) is 0 Å². The molecular weight excluding hydrogens is 280 g/mol. The van der Waals surface area contributed by atoms with E-state index in [2.05, 4.69) is 9.67 Å². The lowest BCUT2D eigenvalue weighted by Crippen LogP contribution is -2.15. The Balaban J connectivity index is 2.09. The molecule has 0 aliphatic carbocycles. The standard InChI is InChI=1S/C13H19ClN4S/c1-8(14)12-15-11-9(2)16-17(3)13(11)18(12)6-10-4-5-19-7-10/h8,10H,4-7H2,1-3H3. The molecule has 1 aliphatic heterocycles. The minimum Gasteiger partial charge on any atom is -0.311 e. The van der Waals surface area contributed by atoms with E-state index in [1.54, 1.807) is 0 Å². The predicted octanol–water partition coefficient (Wildman–Crippen LogP) is 3.13. The highest BCUT2D eigenvalue weighted by atomic mass is 35.5. The van der Waals surface area contributed by atoms with Crippen LogP contribution in [0.15, 0.2) is 0 Å². The van der Waals surface area contributed by atoms with Crippen LogP contribution in [0.5, 0.6) is 0 Å². The number of hydrogen-bond acceptors (Lipinski definition) is 3. The molecule has 0 N–H and O–H groups in total. The Hall–Kier alpha value is -0.680. The van der Waals surface area contributed by atoms with E-state index in [1.165, 1.54) is 17.9 Å². The summed E-state index contributed by atoms with van der Waals surface area (Å²) in [6.45, 7) is 5.01. The molecule has 6 heteroatoms. The first-order valence-corrected chi connectivity index (χ1v) is 8.28. The molecule has 0 spiro atoms. The fraction of sp³-hybridized carbons (Fsp3) is 0.692. The van der Waals surface area contributed by atoms with Gasteiger partial charge in [-0.05, 0) is 37.7 Å². The van der Waals surface area contributed by atoms with Crippen molar-refractivity contribution in [1.82, 2.24) is 19.3 Å². The molecule has 0 bridgehead atoms. The van der Waals surface area contributed by atoms with E-state index in [0.29, 0.717) is 0 Å². The van der Waals surface area contributed by atoms with Crippen LogP contribution in [0.25, 0.3) is 11.2 Å². The number of aryl methyl sites for hydroxylation is 2. The Morgan fingerprint density at radius 2 is 2.32 bits per heavy atom. The van der Waals surface area contributed by atoms with Gasteiger partial charge >= 0.3 is 0 Å². The van der Waals surface area contributed by atoms with Gasteiger partial charge < -0.3 is 4.57 Å². The SMILES string of the molecule is Cc1nn(C)c2c1nc(C(C)Cl)n2CC1CCSC1. The van der Waals surface area contributed by atoms with Crippen LogP contribution in [-0.4, -0.2) is 30.8 Å². The highest BCUT2D eigenvalue weighted by Crippen LogP contribution is 2.30. The molecule has 0 amide bonds. The van der Waals surface area contributed by atoms with E-state index in [-0.39, 0.29) is 5.38 Å². The van der Waals surface area contributed by atoms with E-state index in [4.69, 9.17) is 16.6 Å². The highest BCUT2D eigenvalue weighted by molar-refractivity contribution is 7.99. The van der Waals surface area contributed by atoms with Crippen molar-refractivity contribution in [2.45, 2.75) is 32.2 Å². The Morgan fingerprint density at radius 3 is 2.95 bits per heavy atom. The third-order valence-electron chi connectivity index (χ3n) is 3.74. The van der Waals surface area contributed by atoms with Crippen molar-refractivity contribution in [2.75, 3.05) is 11.5 Å². The number of hydrogen-bond donors (Lipinski definition) is 0. The monoisotopic (exact) mass is 298 g/mol. The molecule has 104 valence electrons. The third-order valence-corrected chi connectivity index (χ3v) is 5.17.